The average molecular weight is 140 g/mol. The van der Waals surface area contributed by atoms with Gasteiger partial charge in [-0.1, -0.05) is 13.3 Å². The highest BCUT2D eigenvalue weighted by atomic mass is 16.3. The molecule has 10 heavy (non-hydrogen) atoms. The second-order valence-corrected chi connectivity index (χ2v) is 4.24. The predicted molar refractivity (Wildman–Crippen MR) is 40.7 cm³/mol. The van der Waals surface area contributed by atoms with E-state index < -0.39 is 0 Å². The molecular formula is C9H16O. The fourth-order valence-electron chi connectivity index (χ4n) is 2.91. The first-order valence-electron chi connectivity index (χ1n) is 4.43. The van der Waals surface area contributed by atoms with E-state index in [1.54, 1.807) is 0 Å². The van der Waals surface area contributed by atoms with E-state index in [4.69, 9.17) is 0 Å². The molecular weight excluding hydrogens is 124 g/mol. The number of rotatable bonds is 0. The van der Waals surface area contributed by atoms with Crippen molar-refractivity contribution in [1.82, 2.24) is 0 Å². The molecule has 0 saturated heterocycles. The molecule has 0 aromatic carbocycles. The van der Waals surface area contributed by atoms with Crippen molar-refractivity contribution in [1.29, 1.82) is 0 Å². The molecule has 0 spiro atoms. The summed E-state index contributed by atoms with van der Waals surface area (Å²) in [6.07, 6.45) is 5.95. The molecule has 1 nitrogen and oxygen atoms in total. The zero-order valence-electron chi connectivity index (χ0n) is 6.64. The maximum Gasteiger partial charge on any atom is 0.0678 e. The molecule has 2 saturated carbocycles. The topological polar surface area (TPSA) is 20.2 Å². The molecule has 0 bridgehead atoms. The summed E-state index contributed by atoms with van der Waals surface area (Å²) in [6.45, 7) is 2.26. The Morgan fingerprint density at radius 2 is 2.30 bits per heavy atom. The zero-order chi connectivity index (χ0) is 7.19. The monoisotopic (exact) mass is 140 g/mol. The van der Waals surface area contributed by atoms with Crippen molar-refractivity contribution >= 4 is 0 Å². The molecule has 0 aromatic rings. The summed E-state index contributed by atoms with van der Waals surface area (Å²) >= 11 is 0. The second-order valence-electron chi connectivity index (χ2n) is 4.24. The van der Waals surface area contributed by atoms with Gasteiger partial charge in [0.25, 0.3) is 0 Å². The molecule has 0 radical (unpaired) electrons. The summed E-state index contributed by atoms with van der Waals surface area (Å²) in [5.41, 5.74) is -0.223. The SMILES string of the molecule is C[C@H]1CC2CCC[C@@]2(O)C1. The molecule has 2 fully saturated rings. The first kappa shape index (κ1) is 6.66. The second kappa shape index (κ2) is 1.97. The largest absolute Gasteiger partial charge is 0.390 e. The highest BCUT2D eigenvalue weighted by molar-refractivity contribution is 4.98. The molecule has 58 valence electrons. The van der Waals surface area contributed by atoms with E-state index in [9.17, 15) is 5.11 Å². The first-order valence-corrected chi connectivity index (χ1v) is 4.43. The van der Waals surface area contributed by atoms with Gasteiger partial charge in [0.05, 0.1) is 5.60 Å². The lowest BCUT2D eigenvalue weighted by Crippen LogP contribution is -2.27. The van der Waals surface area contributed by atoms with E-state index in [2.05, 4.69) is 6.92 Å². The van der Waals surface area contributed by atoms with Crippen LogP contribution in [0.1, 0.15) is 39.0 Å². The van der Waals surface area contributed by atoms with Crippen molar-refractivity contribution in [3.05, 3.63) is 0 Å². The molecule has 0 amide bonds. The smallest absolute Gasteiger partial charge is 0.0678 e. The Hall–Kier alpha value is -0.0400. The summed E-state index contributed by atoms with van der Waals surface area (Å²) in [5.74, 6) is 1.43. The van der Waals surface area contributed by atoms with Crippen LogP contribution in [-0.2, 0) is 0 Å². The molecule has 2 aliphatic rings. The van der Waals surface area contributed by atoms with Crippen LogP contribution in [0.3, 0.4) is 0 Å². The molecule has 2 aliphatic carbocycles. The number of hydrogen-bond donors (Lipinski definition) is 1. The van der Waals surface area contributed by atoms with Crippen molar-refractivity contribution in [2.24, 2.45) is 11.8 Å². The summed E-state index contributed by atoms with van der Waals surface area (Å²) in [6, 6.07) is 0. The Labute approximate surface area is 62.4 Å². The van der Waals surface area contributed by atoms with Gasteiger partial charge in [-0.3, -0.25) is 0 Å². The normalized spacial score (nSPS) is 53.4. The average Bonchev–Trinajstić information content (AvgIpc) is 2.20. The minimum Gasteiger partial charge on any atom is -0.390 e. The van der Waals surface area contributed by atoms with Crippen LogP contribution in [0.15, 0.2) is 0 Å². The maximum atomic E-state index is 10.0. The molecule has 1 unspecified atom stereocenters. The minimum atomic E-state index is -0.223. The Morgan fingerprint density at radius 3 is 3.00 bits per heavy atom. The van der Waals surface area contributed by atoms with Crippen LogP contribution in [0.2, 0.25) is 0 Å². The summed E-state index contributed by atoms with van der Waals surface area (Å²) in [5, 5.41) is 10.0. The Bertz CT molecular complexity index is 144. The van der Waals surface area contributed by atoms with Crippen molar-refractivity contribution in [2.75, 3.05) is 0 Å². The van der Waals surface area contributed by atoms with Crippen LogP contribution in [0.5, 0.6) is 0 Å². The lowest BCUT2D eigenvalue weighted by atomic mass is 9.95. The third-order valence-corrected chi connectivity index (χ3v) is 3.31. The van der Waals surface area contributed by atoms with Crippen molar-refractivity contribution in [3.8, 4) is 0 Å². The van der Waals surface area contributed by atoms with Crippen LogP contribution in [0.4, 0.5) is 0 Å². The van der Waals surface area contributed by atoms with E-state index in [0.717, 1.165) is 18.8 Å². The molecule has 2 rings (SSSR count). The maximum absolute atomic E-state index is 10.0. The third kappa shape index (κ3) is 0.800. The van der Waals surface area contributed by atoms with Gasteiger partial charge in [-0.2, -0.15) is 0 Å². The highest BCUT2D eigenvalue weighted by Gasteiger charge is 2.47. The van der Waals surface area contributed by atoms with Crippen molar-refractivity contribution in [2.45, 2.75) is 44.6 Å². The lowest BCUT2D eigenvalue weighted by molar-refractivity contribution is 0.0214. The summed E-state index contributed by atoms with van der Waals surface area (Å²) in [4.78, 5) is 0. The van der Waals surface area contributed by atoms with E-state index >= 15 is 0 Å². The van der Waals surface area contributed by atoms with Gasteiger partial charge in [0.1, 0.15) is 0 Å². The third-order valence-electron chi connectivity index (χ3n) is 3.31. The van der Waals surface area contributed by atoms with Crippen LogP contribution >= 0.6 is 0 Å². The van der Waals surface area contributed by atoms with Crippen molar-refractivity contribution < 1.29 is 5.11 Å². The first-order chi connectivity index (χ1) is 4.71. The standard InChI is InChI=1S/C9H16O/c1-7-5-8-3-2-4-9(8,10)6-7/h7-8,10H,2-6H2,1H3/t7-,8?,9+/m0/s1. The van der Waals surface area contributed by atoms with E-state index in [1.807, 2.05) is 0 Å². The van der Waals surface area contributed by atoms with E-state index in [0.29, 0.717) is 5.92 Å². The molecule has 3 atom stereocenters. The van der Waals surface area contributed by atoms with Crippen LogP contribution in [0.25, 0.3) is 0 Å². The van der Waals surface area contributed by atoms with Gasteiger partial charge in [0, 0.05) is 0 Å². The van der Waals surface area contributed by atoms with Crippen LogP contribution in [-0.4, -0.2) is 10.7 Å². The van der Waals surface area contributed by atoms with Gasteiger partial charge < -0.3 is 5.11 Å². The summed E-state index contributed by atoms with van der Waals surface area (Å²) < 4.78 is 0. The Kier molecular flexibility index (Phi) is 1.31. The number of fused-ring (bicyclic) bond motifs is 1. The minimum absolute atomic E-state index is 0.223. The Morgan fingerprint density at radius 1 is 1.50 bits per heavy atom. The fourth-order valence-corrected chi connectivity index (χ4v) is 2.91. The lowest BCUT2D eigenvalue weighted by Gasteiger charge is -2.21. The summed E-state index contributed by atoms with van der Waals surface area (Å²) in [7, 11) is 0. The van der Waals surface area contributed by atoms with Crippen LogP contribution in [0, 0.1) is 11.8 Å². The van der Waals surface area contributed by atoms with Crippen LogP contribution < -0.4 is 0 Å². The molecule has 0 aromatic heterocycles. The molecule has 1 N–H and O–H groups in total. The van der Waals surface area contributed by atoms with E-state index in [-0.39, 0.29) is 5.60 Å². The van der Waals surface area contributed by atoms with Gasteiger partial charge in [0.15, 0.2) is 0 Å². The highest BCUT2D eigenvalue weighted by Crippen LogP contribution is 2.49. The molecule has 1 heteroatoms. The van der Waals surface area contributed by atoms with E-state index in [1.165, 1.54) is 19.3 Å². The number of hydrogen-bond acceptors (Lipinski definition) is 1. The van der Waals surface area contributed by atoms with Gasteiger partial charge in [-0.05, 0) is 37.5 Å². The zero-order valence-corrected chi connectivity index (χ0v) is 6.64. The van der Waals surface area contributed by atoms with Gasteiger partial charge in [-0.25, -0.2) is 0 Å². The quantitative estimate of drug-likeness (QED) is 0.545. The predicted octanol–water partition coefficient (Wildman–Crippen LogP) is 1.95. The van der Waals surface area contributed by atoms with Gasteiger partial charge in [0.2, 0.25) is 0 Å². The molecule has 0 heterocycles. The Balaban J connectivity index is 2.15. The van der Waals surface area contributed by atoms with Gasteiger partial charge in [-0.15, -0.1) is 0 Å². The number of aliphatic hydroxyl groups is 1. The fraction of sp³-hybridized carbons (Fsp3) is 1.00. The van der Waals surface area contributed by atoms with Gasteiger partial charge >= 0.3 is 0 Å². The molecule has 0 aliphatic heterocycles. The van der Waals surface area contributed by atoms with Crippen molar-refractivity contribution in [3.63, 3.8) is 0 Å².